The molecule has 4 heteroatoms. The van der Waals surface area contributed by atoms with Gasteiger partial charge in [0.1, 0.15) is 11.4 Å². The summed E-state index contributed by atoms with van der Waals surface area (Å²) in [6.45, 7) is 0. The largest absolute Gasteiger partial charge is 0.506 e. The van der Waals surface area contributed by atoms with Gasteiger partial charge in [0.25, 0.3) is 0 Å². The lowest BCUT2D eigenvalue weighted by atomic mass is 10.3. The molecule has 1 aliphatic heterocycles. The molecule has 2 nitrogen and oxygen atoms in total. The van der Waals surface area contributed by atoms with Crippen LogP contribution in [-0.4, -0.2) is 11.0 Å². The Hall–Kier alpha value is -0.540. The van der Waals surface area contributed by atoms with Crippen LogP contribution in [0.1, 0.15) is 0 Å². The molecule has 58 valence electrons. The molecule has 2 rings (SSSR count). The highest BCUT2D eigenvalue weighted by Crippen LogP contribution is 2.44. The number of anilines is 1. The second-order valence-electron chi connectivity index (χ2n) is 2.26. The van der Waals surface area contributed by atoms with E-state index in [1.165, 1.54) is 4.42 Å². The zero-order chi connectivity index (χ0) is 7.84. The lowest BCUT2D eigenvalue weighted by Gasteiger charge is -2.07. The van der Waals surface area contributed by atoms with Crippen LogP contribution >= 0.6 is 23.5 Å². The fourth-order valence-corrected chi connectivity index (χ4v) is 2.34. The highest BCUT2D eigenvalue weighted by atomic mass is 35.5. The standard InChI is InChI=1S/C7H6ClNOS/c8-9-4-11-6-3-1-2-5(10)7(6)9/h1-3,10H,4H2. The molecule has 0 fully saturated rings. The summed E-state index contributed by atoms with van der Waals surface area (Å²) in [7, 11) is 0. The number of nitrogens with zero attached hydrogens (tertiary/aromatic N) is 1. The SMILES string of the molecule is Oc1cccc2c1N(Cl)CS2. The number of phenols is 1. The molecule has 0 aromatic heterocycles. The van der Waals surface area contributed by atoms with E-state index in [2.05, 4.69) is 0 Å². The van der Waals surface area contributed by atoms with Gasteiger partial charge in [-0.1, -0.05) is 6.07 Å². The molecule has 0 amide bonds. The number of thioether (sulfide) groups is 1. The Bertz CT molecular complexity index is 292. The molecule has 0 atom stereocenters. The Labute approximate surface area is 73.9 Å². The Morgan fingerprint density at radius 2 is 2.36 bits per heavy atom. The van der Waals surface area contributed by atoms with E-state index in [0.29, 0.717) is 5.88 Å². The third kappa shape index (κ3) is 1.04. The molecule has 1 N–H and O–H groups in total. The predicted molar refractivity (Wildman–Crippen MR) is 47.2 cm³/mol. The van der Waals surface area contributed by atoms with Gasteiger partial charge in [0.15, 0.2) is 0 Å². The van der Waals surface area contributed by atoms with Gasteiger partial charge in [-0.15, -0.1) is 11.8 Å². The Morgan fingerprint density at radius 1 is 1.55 bits per heavy atom. The van der Waals surface area contributed by atoms with Gasteiger partial charge in [-0.2, -0.15) is 0 Å². The molecule has 1 aliphatic rings. The van der Waals surface area contributed by atoms with Crippen LogP contribution in [0.4, 0.5) is 5.69 Å². The number of aromatic hydroxyl groups is 1. The highest BCUT2D eigenvalue weighted by Gasteiger charge is 2.20. The molecule has 0 spiro atoms. The molecule has 1 heterocycles. The Morgan fingerprint density at radius 3 is 3.09 bits per heavy atom. The van der Waals surface area contributed by atoms with E-state index in [4.69, 9.17) is 11.8 Å². The fourth-order valence-electron chi connectivity index (χ4n) is 1.06. The number of phenolic OH excluding ortho intramolecular Hbond substituents is 1. The molecule has 11 heavy (non-hydrogen) atoms. The van der Waals surface area contributed by atoms with Gasteiger partial charge >= 0.3 is 0 Å². The number of benzene rings is 1. The fraction of sp³-hybridized carbons (Fsp3) is 0.143. The second kappa shape index (κ2) is 2.50. The molecule has 1 aromatic rings. The monoisotopic (exact) mass is 187 g/mol. The normalized spacial score (nSPS) is 15.2. The minimum Gasteiger partial charge on any atom is -0.506 e. The van der Waals surface area contributed by atoms with Crippen LogP contribution < -0.4 is 4.42 Å². The maximum Gasteiger partial charge on any atom is 0.141 e. The van der Waals surface area contributed by atoms with Gasteiger partial charge in [-0.25, -0.2) is 0 Å². The van der Waals surface area contributed by atoms with Crippen LogP contribution in [0.5, 0.6) is 5.75 Å². The van der Waals surface area contributed by atoms with Crippen LogP contribution in [0.2, 0.25) is 0 Å². The van der Waals surface area contributed by atoms with Crippen LogP contribution in [-0.2, 0) is 0 Å². The highest BCUT2D eigenvalue weighted by molar-refractivity contribution is 8.00. The van der Waals surface area contributed by atoms with Crippen molar-refractivity contribution in [2.75, 3.05) is 10.3 Å². The summed E-state index contributed by atoms with van der Waals surface area (Å²) in [5.41, 5.74) is 0.735. The van der Waals surface area contributed by atoms with Crippen LogP contribution in [0.25, 0.3) is 0 Å². The van der Waals surface area contributed by atoms with Crippen molar-refractivity contribution in [1.29, 1.82) is 0 Å². The van der Waals surface area contributed by atoms with Crippen LogP contribution in [0.15, 0.2) is 23.1 Å². The topological polar surface area (TPSA) is 23.5 Å². The molecule has 0 saturated carbocycles. The van der Waals surface area contributed by atoms with Gasteiger partial charge in [0, 0.05) is 16.7 Å². The van der Waals surface area contributed by atoms with Crippen LogP contribution in [0.3, 0.4) is 0 Å². The second-order valence-corrected chi connectivity index (χ2v) is 3.65. The van der Waals surface area contributed by atoms with Crippen molar-refractivity contribution in [3.8, 4) is 5.75 Å². The average molecular weight is 188 g/mol. The van der Waals surface area contributed by atoms with Crippen molar-refractivity contribution in [3.63, 3.8) is 0 Å². The number of rotatable bonds is 0. The molecular formula is C7H6ClNOS. The summed E-state index contributed by atoms with van der Waals surface area (Å²) >= 11 is 7.42. The van der Waals surface area contributed by atoms with Gasteiger partial charge in [0.2, 0.25) is 0 Å². The maximum absolute atomic E-state index is 9.36. The molecular weight excluding hydrogens is 182 g/mol. The van der Waals surface area contributed by atoms with Gasteiger partial charge in [-0.3, -0.25) is 4.42 Å². The Kier molecular flexibility index (Phi) is 1.62. The van der Waals surface area contributed by atoms with Gasteiger partial charge in [0.05, 0.1) is 5.88 Å². The third-order valence-electron chi connectivity index (χ3n) is 1.55. The van der Waals surface area contributed by atoms with Crippen molar-refractivity contribution in [1.82, 2.24) is 0 Å². The lowest BCUT2D eigenvalue weighted by molar-refractivity contribution is 0.475. The first-order chi connectivity index (χ1) is 5.29. The average Bonchev–Trinajstić information content (AvgIpc) is 2.34. The number of hydrogen-bond donors (Lipinski definition) is 1. The van der Waals surface area contributed by atoms with Crippen molar-refractivity contribution in [3.05, 3.63) is 18.2 Å². The van der Waals surface area contributed by atoms with E-state index in [0.717, 1.165) is 10.6 Å². The summed E-state index contributed by atoms with van der Waals surface area (Å²) in [6, 6.07) is 5.40. The Balaban J connectivity index is 2.58. The number of hydrogen-bond acceptors (Lipinski definition) is 3. The summed E-state index contributed by atoms with van der Waals surface area (Å²) < 4.78 is 1.52. The van der Waals surface area contributed by atoms with Gasteiger partial charge in [-0.05, 0) is 12.1 Å². The van der Waals surface area contributed by atoms with E-state index < -0.39 is 0 Å². The molecule has 0 radical (unpaired) electrons. The lowest BCUT2D eigenvalue weighted by Crippen LogP contribution is -2.02. The summed E-state index contributed by atoms with van der Waals surface area (Å²) in [4.78, 5) is 1.04. The van der Waals surface area contributed by atoms with Crippen molar-refractivity contribution in [2.45, 2.75) is 4.90 Å². The van der Waals surface area contributed by atoms with E-state index >= 15 is 0 Å². The first-order valence-corrected chi connectivity index (χ1v) is 4.49. The summed E-state index contributed by atoms with van der Waals surface area (Å²) in [5.74, 6) is 0.955. The molecule has 0 unspecified atom stereocenters. The molecule has 0 bridgehead atoms. The quantitative estimate of drug-likeness (QED) is 0.631. The predicted octanol–water partition coefficient (Wildman–Crippen LogP) is 2.42. The zero-order valence-corrected chi connectivity index (χ0v) is 7.19. The summed E-state index contributed by atoms with van der Waals surface area (Å²) in [5, 5.41) is 9.36. The number of halogens is 1. The third-order valence-corrected chi connectivity index (χ3v) is 3.01. The first kappa shape index (κ1) is 7.13. The molecule has 1 aromatic carbocycles. The number of fused-ring (bicyclic) bond motifs is 1. The minimum atomic E-state index is 0.252. The smallest absolute Gasteiger partial charge is 0.141 e. The van der Waals surface area contributed by atoms with E-state index in [9.17, 15) is 5.11 Å². The van der Waals surface area contributed by atoms with E-state index in [-0.39, 0.29) is 5.75 Å². The van der Waals surface area contributed by atoms with Crippen molar-refractivity contribution < 1.29 is 5.11 Å². The van der Waals surface area contributed by atoms with E-state index in [1.807, 2.05) is 12.1 Å². The van der Waals surface area contributed by atoms with Crippen molar-refractivity contribution in [2.24, 2.45) is 0 Å². The van der Waals surface area contributed by atoms with Crippen LogP contribution in [0, 0.1) is 0 Å². The molecule has 0 saturated heterocycles. The summed E-state index contributed by atoms with van der Waals surface area (Å²) in [6.07, 6.45) is 0. The van der Waals surface area contributed by atoms with E-state index in [1.54, 1.807) is 17.8 Å². The number of para-hydroxylation sites is 1. The zero-order valence-electron chi connectivity index (χ0n) is 5.62. The molecule has 0 aliphatic carbocycles. The maximum atomic E-state index is 9.36. The van der Waals surface area contributed by atoms with Crippen molar-refractivity contribution >= 4 is 29.2 Å². The first-order valence-electron chi connectivity index (χ1n) is 3.17. The minimum absolute atomic E-state index is 0.252. The van der Waals surface area contributed by atoms with Gasteiger partial charge < -0.3 is 5.11 Å².